The quantitative estimate of drug-likeness (QED) is 0.687. The third-order valence-electron chi connectivity index (χ3n) is 1.46. The van der Waals surface area contributed by atoms with E-state index in [0.717, 1.165) is 12.2 Å². The van der Waals surface area contributed by atoms with Crippen molar-refractivity contribution in [3.05, 3.63) is 24.3 Å². The number of hydrogen-bond donors (Lipinski definition) is 1. The molecule has 0 aliphatic rings. The normalized spacial score (nSPS) is 11.1. The van der Waals surface area contributed by atoms with Gasteiger partial charge in [0.2, 0.25) is 0 Å². The molecule has 1 heterocycles. The van der Waals surface area contributed by atoms with Gasteiger partial charge in [-0.25, -0.2) is 4.98 Å². The van der Waals surface area contributed by atoms with Crippen LogP contribution >= 0.6 is 0 Å². The fraction of sp³-hybridized carbons (Fsp3) is 0.375. The summed E-state index contributed by atoms with van der Waals surface area (Å²) in [6.07, 6.45) is 7.74. The maximum atomic E-state index is 3.99. The Morgan fingerprint density at radius 1 is 1.73 bits per heavy atom. The summed E-state index contributed by atoms with van der Waals surface area (Å²) in [5.74, 6) is 0. The monoisotopic (exact) mass is 151 g/mol. The Morgan fingerprint density at radius 3 is 3.09 bits per heavy atom. The lowest BCUT2D eigenvalue weighted by Gasteiger charge is -1.93. The Labute approximate surface area is 66.8 Å². The van der Waals surface area contributed by atoms with Crippen molar-refractivity contribution in [2.24, 2.45) is 7.05 Å². The zero-order valence-electron chi connectivity index (χ0n) is 6.91. The molecule has 1 aromatic rings. The van der Waals surface area contributed by atoms with Crippen LogP contribution < -0.4 is 5.32 Å². The van der Waals surface area contributed by atoms with Crippen molar-refractivity contribution >= 4 is 6.08 Å². The number of likely N-dealkylation sites (N-methyl/N-ethyl adjacent to an activating group) is 1. The van der Waals surface area contributed by atoms with Crippen LogP contribution in [0.4, 0.5) is 0 Å². The van der Waals surface area contributed by atoms with Crippen LogP contribution in [0.25, 0.3) is 6.08 Å². The number of nitrogens with one attached hydrogen (secondary N) is 1. The highest BCUT2D eigenvalue weighted by Crippen LogP contribution is 1.97. The molecular formula is C8H13N3. The van der Waals surface area contributed by atoms with Crippen LogP contribution in [0.5, 0.6) is 0 Å². The minimum atomic E-state index is 0.894. The second kappa shape index (κ2) is 3.93. The second-order valence-corrected chi connectivity index (χ2v) is 2.39. The van der Waals surface area contributed by atoms with Gasteiger partial charge in [0, 0.05) is 13.6 Å². The Bertz CT molecular complexity index is 237. The topological polar surface area (TPSA) is 29.9 Å². The first-order chi connectivity index (χ1) is 5.34. The predicted octanol–water partition coefficient (Wildman–Crippen LogP) is 0.653. The van der Waals surface area contributed by atoms with Crippen LogP contribution in [0.15, 0.2) is 18.6 Å². The SMILES string of the molecule is CNCC=Cc1cncn1C. The van der Waals surface area contributed by atoms with Crippen molar-refractivity contribution in [2.75, 3.05) is 13.6 Å². The van der Waals surface area contributed by atoms with Crippen LogP contribution in [-0.2, 0) is 7.05 Å². The maximum absolute atomic E-state index is 3.99. The van der Waals surface area contributed by atoms with E-state index in [9.17, 15) is 0 Å². The van der Waals surface area contributed by atoms with E-state index in [0.29, 0.717) is 0 Å². The molecule has 0 aliphatic heterocycles. The van der Waals surface area contributed by atoms with E-state index < -0.39 is 0 Å². The molecule has 0 aromatic carbocycles. The van der Waals surface area contributed by atoms with E-state index in [1.54, 1.807) is 6.33 Å². The van der Waals surface area contributed by atoms with E-state index in [4.69, 9.17) is 0 Å². The molecule has 0 saturated carbocycles. The van der Waals surface area contributed by atoms with Crippen molar-refractivity contribution < 1.29 is 0 Å². The lowest BCUT2D eigenvalue weighted by molar-refractivity contribution is 0.897. The van der Waals surface area contributed by atoms with Crippen molar-refractivity contribution in [1.82, 2.24) is 14.9 Å². The van der Waals surface area contributed by atoms with Crippen LogP contribution in [0.2, 0.25) is 0 Å². The first kappa shape index (κ1) is 8.01. The van der Waals surface area contributed by atoms with Gasteiger partial charge in [0.1, 0.15) is 0 Å². The van der Waals surface area contributed by atoms with Crippen LogP contribution in [-0.4, -0.2) is 23.1 Å². The molecule has 0 radical (unpaired) electrons. The molecule has 1 aromatic heterocycles. The molecule has 0 spiro atoms. The van der Waals surface area contributed by atoms with Crippen LogP contribution in [0.1, 0.15) is 5.69 Å². The van der Waals surface area contributed by atoms with Gasteiger partial charge in [0.15, 0.2) is 0 Å². The predicted molar refractivity (Wildman–Crippen MR) is 46.2 cm³/mol. The number of imidazole rings is 1. The van der Waals surface area contributed by atoms with Gasteiger partial charge in [-0.3, -0.25) is 0 Å². The average molecular weight is 151 g/mol. The molecule has 0 atom stereocenters. The van der Waals surface area contributed by atoms with Gasteiger partial charge in [-0.15, -0.1) is 0 Å². The summed E-state index contributed by atoms with van der Waals surface area (Å²) in [6, 6.07) is 0. The van der Waals surface area contributed by atoms with Gasteiger partial charge in [0.25, 0.3) is 0 Å². The van der Waals surface area contributed by atoms with E-state index in [1.807, 2.05) is 30.9 Å². The Hall–Kier alpha value is -1.09. The molecule has 0 amide bonds. The summed E-state index contributed by atoms with van der Waals surface area (Å²) < 4.78 is 1.98. The summed E-state index contributed by atoms with van der Waals surface area (Å²) in [6.45, 7) is 0.894. The highest BCUT2D eigenvalue weighted by atomic mass is 15.0. The van der Waals surface area contributed by atoms with Crippen molar-refractivity contribution in [3.63, 3.8) is 0 Å². The smallest absolute Gasteiger partial charge is 0.0948 e. The van der Waals surface area contributed by atoms with Gasteiger partial charge < -0.3 is 9.88 Å². The fourth-order valence-electron chi connectivity index (χ4n) is 0.826. The summed E-state index contributed by atoms with van der Waals surface area (Å²) >= 11 is 0. The minimum absolute atomic E-state index is 0.894. The highest BCUT2D eigenvalue weighted by Gasteiger charge is 1.89. The lowest BCUT2D eigenvalue weighted by Crippen LogP contribution is -2.03. The molecular weight excluding hydrogens is 138 g/mol. The van der Waals surface area contributed by atoms with Crippen molar-refractivity contribution in [2.45, 2.75) is 0 Å². The Balaban J connectivity index is 2.56. The number of aromatic nitrogens is 2. The molecule has 0 unspecified atom stereocenters. The van der Waals surface area contributed by atoms with Crippen molar-refractivity contribution in [1.29, 1.82) is 0 Å². The molecule has 0 fully saturated rings. The molecule has 11 heavy (non-hydrogen) atoms. The molecule has 0 bridgehead atoms. The molecule has 0 saturated heterocycles. The zero-order chi connectivity index (χ0) is 8.10. The van der Waals surface area contributed by atoms with Crippen molar-refractivity contribution in [3.8, 4) is 0 Å². The van der Waals surface area contributed by atoms with Crippen LogP contribution in [0, 0.1) is 0 Å². The highest BCUT2D eigenvalue weighted by molar-refractivity contribution is 5.43. The molecule has 60 valence electrons. The van der Waals surface area contributed by atoms with E-state index in [-0.39, 0.29) is 0 Å². The fourth-order valence-corrected chi connectivity index (χ4v) is 0.826. The molecule has 3 nitrogen and oxygen atoms in total. The molecule has 1 N–H and O–H groups in total. The van der Waals surface area contributed by atoms with Gasteiger partial charge in [-0.05, 0) is 13.1 Å². The van der Waals surface area contributed by atoms with E-state index in [1.165, 1.54) is 0 Å². The number of aryl methyl sites for hydroxylation is 1. The summed E-state index contributed by atoms with van der Waals surface area (Å²) in [5.41, 5.74) is 1.13. The second-order valence-electron chi connectivity index (χ2n) is 2.39. The van der Waals surface area contributed by atoms with Gasteiger partial charge in [-0.2, -0.15) is 0 Å². The average Bonchev–Trinajstić information content (AvgIpc) is 2.37. The Morgan fingerprint density at radius 2 is 2.55 bits per heavy atom. The largest absolute Gasteiger partial charge is 0.334 e. The molecule has 0 aliphatic carbocycles. The van der Waals surface area contributed by atoms with Gasteiger partial charge >= 0.3 is 0 Å². The number of nitrogens with zero attached hydrogens (tertiary/aromatic N) is 2. The molecule has 1 rings (SSSR count). The van der Waals surface area contributed by atoms with Gasteiger partial charge in [0.05, 0.1) is 18.2 Å². The number of rotatable bonds is 3. The third kappa shape index (κ3) is 2.20. The third-order valence-corrected chi connectivity index (χ3v) is 1.46. The van der Waals surface area contributed by atoms with E-state index >= 15 is 0 Å². The van der Waals surface area contributed by atoms with E-state index in [2.05, 4.69) is 16.4 Å². The summed E-state index contributed by atoms with van der Waals surface area (Å²) in [5, 5.41) is 3.03. The van der Waals surface area contributed by atoms with Crippen LogP contribution in [0.3, 0.4) is 0 Å². The first-order valence-corrected chi connectivity index (χ1v) is 3.62. The zero-order valence-corrected chi connectivity index (χ0v) is 6.91. The summed E-state index contributed by atoms with van der Waals surface area (Å²) in [7, 11) is 3.90. The lowest BCUT2D eigenvalue weighted by atomic mass is 10.4. The maximum Gasteiger partial charge on any atom is 0.0948 e. The first-order valence-electron chi connectivity index (χ1n) is 3.62. The summed E-state index contributed by atoms with van der Waals surface area (Å²) in [4.78, 5) is 3.99. The molecule has 3 heteroatoms. The van der Waals surface area contributed by atoms with Gasteiger partial charge in [-0.1, -0.05) is 6.08 Å². The Kier molecular flexibility index (Phi) is 2.86. The minimum Gasteiger partial charge on any atom is -0.334 e. The number of hydrogen-bond acceptors (Lipinski definition) is 2. The standard InChI is InChI=1S/C8H13N3/c1-9-5-3-4-8-6-10-7-11(8)2/h3-4,6-7,9H,5H2,1-2H3.